The Hall–Kier alpha value is -1.38. The number of hydrogen-bond acceptors (Lipinski definition) is 7. The predicted octanol–water partition coefficient (Wildman–Crippen LogP) is -0.132. The van der Waals surface area contributed by atoms with Crippen LogP contribution in [0.25, 0.3) is 0 Å². The molecule has 3 rings (SSSR count). The van der Waals surface area contributed by atoms with Crippen molar-refractivity contribution in [2.75, 3.05) is 65.4 Å². The van der Waals surface area contributed by atoms with Gasteiger partial charge in [0.15, 0.2) is 0 Å². The van der Waals surface area contributed by atoms with Crippen molar-refractivity contribution in [2.45, 2.75) is 24.4 Å². The van der Waals surface area contributed by atoms with Crippen LogP contribution in [0.2, 0.25) is 0 Å². The van der Waals surface area contributed by atoms with Gasteiger partial charge >= 0.3 is 0 Å². The Bertz CT molecular complexity index is 578. The van der Waals surface area contributed by atoms with E-state index in [4.69, 9.17) is 9.47 Å². The van der Waals surface area contributed by atoms with Crippen LogP contribution in [0.5, 0.6) is 5.75 Å². The molecule has 0 bridgehead atoms. The number of anilines is 1. The van der Waals surface area contributed by atoms with Gasteiger partial charge in [-0.1, -0.05) is 12.1 Å². The maximum atomic E-state index is 10.7. The van der Waals surface area contributed by atoms with Gasteiger partial charge in [0.25, 0.3) is 0 Å². The monoisotopic (exact) mass is 365 g/mol. The molecule has 7 heteroatoms. The van der Waals surface area contributed by atoms with E-state index in [9.17, 15) is 10.2 Å². The van der Waals surface area contributed by atoms with Crippen LogP contribution in [0.1, 0.15) is 0 Å². The molecule has 2 N–H and O–H groups in total. The first-order valence-corrected chi connectivity index (χ1v) is 9.26. The van der Waals surface area contributed by atoms with Crippen molar-refractivity contribution < 1.29 is 19.7 Å². The van der Waals surface area contributed by atoms with Crippen LogP contribution >= 0.6 is 0 Å². The highest BCUT2D eigenvalue weighted by Gasteiger charge is 2.46. The molecule has 2 heterocycles. The van der Waals surface area contributed by atoms with Gasteiger partial charge in [0.05, 0.1) is 31.5 Å². The van der Waals surface area contributed by atoms with Gasteiger partial charge in [-0.3, -0.25) is 4.90 Å². The van der Waals surface area contributed by atoms with Crippen molar-refractivity contribution >= 4 is 5.69 Å². The highest BCUT2D eigenvalue weighted by Crippen LogP contribution is 2.31. The van der Waals surface area contributed by atoms with Crippen molar-refractivity contribution in [3.05, 3.63) is 24.3 Å². The largest absolute Gasteiger partial charge is 0.495 e. The second kappa shape index (κ2) is 8.54. The van der Waals surface area contributed by atoms with E-state index >= 15 is 0 Å². The number of methoxy groups -OCH3 is 1. The van der Waals surface area contributed by atoms with E-state index in [2.05, 4.69) is 20.8 Å². The molecule has 0 radical (unpaired) electrons. The molecule has 146 valence electrons. The maximum absolute atomic E-state index is 10.7. The summed E-state index contributed by atoms with van der Waals surface area (Å²) < 4.78 is 11.4. The van der Waals surface area contributed by atoms with Gasteiger partial charge in [0, 0.05) is 32.7 Å². The van der Waals surface area contributed by atoms with Gasteiger partial charge in [-0.2, -0.15) is 0 Å². The Morgan fingerprint density at radius 3 is 2.46 bits per heavy atom. The zero-order valence-electron chi connectivity index (χ0n) is 15.9. The normalized spacial score (nSPS) is 30.2. The number of aliphatic hydroxyl groups is 2. The minimum atomic E-state index is -0.664. The fourth-order valence-electron chi connectivity index (χ4n) is 4.09. The van der Waals surface area contributed by atoms with E-state index in [1.54, 1.807) is 7.11 Å². The van der Waals surface area contributed by atoms with Crippen molar-refractivity contribution in [2.24, 2.45) is 0 Å². The van der Waals surface area contributed by atoms with E-state index in [1.807, 2.05) is 32.3 Å². The lowest BCUT2D eigenvalue weighted by Crippen LogP contribution is -2.57. The molecule has 0 spiro atoms. The molecule has 2 fully saturated rings. The fourth-order valence-corrected chi connectivity index (χ4v) is 4.09. The lowest BCUT2D eigenvalue weighted by molar-refractivity contribution is -0.0274. The standard InChI is InChI=1S/C19H31N3O4/c1-20(2)12-16-18(19(24)17(13-23)26-16)22-10-8-21(9-11-22)14-6-4-5-7-15(14)25-3/h4-7,16-19,23-24H,8-13H2,1-3H3. The van der Waals surface area contributed by atoms with E-state index in [0.29, 0.717) is 0 Å². The minimum Gasteiger partial charge on any atom is -0.495 e. The number of piperazine rings is 1. The first-order chi connectivity index (χ1) is 12.5. The average molecular weight is 365 g/mol. The Morgan fingerprint density at radius 2 is 1.85 bits per heavy atom. The van der Waals surface area contributed by atoms with Crippen LogP contribution in [0, 0.1) is 0 Å². The van der Waals surface area contributed by atoms with Crippen molar-refractivity contribution in [1.82, 2.24) is 9.80 Å². The Balaban J connectivity index is 1.67. The lowest BCUT2D eigenvalue weighted by Gasteiger charge is -2.41. The van der Waals surface area contributed by atoms with Crippen LogP contribution < -0.4 is 9.64 Å². The van der Waals surface area contributed by atoms with Gasteiger partial charge in [0.1, 0.15) is 18.0 Å². The second-order valence-corrected chi connectivity index (χ2v) is 7.33. The number of likely N-dealkylation sites (N-methyl/N-ethyl adjacent to an activating group) is 1. The third-order valence-electron chi connectivity index (χ3n) is 5.35. The third-order valence-corrected chi connectivity index (χ3v) is 5.35. The Morgan fingerprint density at radius 1 is 1.15 bits per heavy atom. The highest BCUT2D eigenvalue weighted by atomic mass is 16.5. The minimum absolute atomic E-state index is 0.0885. The van der Waals surface area contributed by atoms with Gasteiger partial charge in [-0.15, -0.1) is 0 Å². The molecular formula is C19H31N3O4. The molecule has 4 atom stereocenters. The number of benzene rings is 1. The molecule has 2 aliphatic rings. The zero-order valence-corrected chi connectivity index (χ0v) is 15.9. The molecule has 26 heavy (non-hydrogen) atoms. The number of ether oxygens (including phenoxy) is 2. The fraction of sp³-hybridized carbons (Fsp3) is 0.684. The van der Waals surface area contributed by atoms with Crippen LogP contribution in [0.15, 0.2) is 24.3 Å². The van der Waals surface area contributed by atoms with Crippen molar-refractivity contribution in [1.29, 1.82) is 0 Å². The molecule has 0 saturated carbocycles. The summed E-state index contributed by atoms with van der Waals surface area (Å²) in [5.74, 6) is 0.885. The van der Waals surface area contributed by atoms with Crippen LogP contribution in [-0.4, -0.2) is 105 Å². The van der Waals surface area contributed by atoms with E-state index < -0.39 is 12.2 Å². The summed E-state index contributed by atoms with van der Waals surface area (Å²) in [7, 11) is 5.69. The number of para-hydroxylation sites is 2. The molecule has 0 amide bonds. The van der Waals surface area contributed by atoms with Gasteiger partial charge in [-0.25, -0.2) is 0 Å². The molecule has 7 nitrogen and oxygen atoms in total. The van der Waals surface area contributed by atoms with Crippen molar-refractivity contribution in [3.63, 3.8) is 0 Å². The van der Waals surface area contributed by atoms with Crippen LogP contribution in [0.3, 0.4) is 0 Å². The molecule has 0 aromatic heterocycles. The molecule has 4 unspecified atom stereocenters. The molecule has 2 aliphatic heterocycles. The molecule has 1 aromatic rings. The Kier molecular flexibility index (Phi) is 6.37. The van der Waals surface area contributed by atoms with Gasteiger partial charge in [-0.05, 0) is 26.2 Å². The molecular weight excluding hydrogens is 334 g/mol. The summed E-state index contributed by atoms with van der Waals surface area (Å²) in [4.78, 5) is 6.69. The van der Waals surface area contributed by atoms with E-state index in [0.717, 1.165) is 44.2 Å². The summed E-state index contributed by atoms with van der Waals surface area (Å²) in [6, 6.07) is 7.98. The zero-order chi connectivity index (χ0) is 18.7. The number of rotatable bonds is 6. The number of nitrogens with zero attached hydrogens (tertiary/aromatic N) is 3. The summed E-state index contributed by atoms with van der Waals surface area (Å²) in [6.45, 7) is 3.98. The first-order valence-electron chi connectivity index (χ1n) is 9.26. The summed E-state index contributed by atoms with van der Waals surface area (Å²) >= 11 is 0. The highest BCUT2D eigenvalue weighted by molar-refractivity contribution is 5.58. The maximum Gasteiger partial charge on any atom is 0.142 e. The summed E-state index contributed by atoms with van der Waals surface area (Å²) in [5, 5.41) is 20.2. The van der Waals surface area contributed by atoms with E-state index in [1.165, 1.54) is 0 Å². The third kappa shape index (κ3) is 3.97. The molecule has 1 aromatic carbocycles. The first kappa shape index (κ1) is 19.4. The van der Waals surface area contributed by atoms with Gasteiger partial charge < -0.3 is 29.5 Å². The second-order valence-electron chi connectivity index (χ2n) is 7.33. The van der Waals surface area contributed by atoms with Gasteiger partial charge in [0.2, 0.25) is 0 Å². The smallest absolute Gasteiger partial charge is 0.142 e. The summed E-state index contributed by atoms with van der Waals surface area (Å²) in [5.41, 5.74) is 1.11. The lowest BCUT2D eigenvalue weighted by atomic mass is 10.0. The average Bonchev–Trinajstić information content (AvgIpc) is 2.96. The van der Waals surface area contributed by atoms with Crippen LogP contribution in [-0.2, 0) is 4.74 Å². The predicted molar refractivity (Wildman–Crippen MR) is 101 cm³/mol. The quantitative estimate of drug-likeness (QED) is 0.728. The van der Waals surface area contributed by atoms with Crippen LogP contribution in [0.4, 0.5) is 5.69 Å². The summed E-state index contributed by atoms with van der Waals surface area (Å²) in [6.07, 6.45) is -1.27. The molecule has 2 saturated heterocycles. The topological polar surface area (TPSA) is 68.6 Å². The number of aliphatic hydroxyl groups excluding tert-OH is 2. The van der Waals surface area contributed by atoms with Crippen molar-refractivity contribution in [3.8, 4) is 5.75 Å². The van der Waals surface area contributed by atoms with E-state index in [-0.39, 0.29) is 18.8 Å². The SMILES string of the molecule is COc1ccccc1N1CCN(C2C(CN(C)C)OC(CO)C2O)CC1. The molecule has 0 aliphatic carbocycles. The number of hydrogen-bond donors (Lipinski definition) is 2. The Labute approximate surface area is 155 Å².